The average Bonchev–Trinajstić information content (AvgIpc) is 2.66. The van der Waals surface area contributed by atoms with E-state index in [1.807, 2.05) is 24.3 Å². The Balaban J connectivity index is 0.00000364. The third kappa shape index (κ3) is 7.16. The summed E-state index contributed by atoms with van der Waals surface area (Å²) in [7, 11) is 3.33. The molecular weight excluding hydrogens is 458 g/mol. The van der Waals surface area contributed by atoms with E-state index in [0.29, 0.717) is 30.2 Å². The van der Waals surface area contributed by atoms with Crippen LogP contribution in [0.5, 0.6) is 0 Å². The van der Waals surface area contributed by atoms with Crippen molar-refractivity contribution < 1.29 is 9.18 Å². The summed E-state index contributed by atoms with van der Waals surface area (Å²) in [6.07, 6.45) is 0.765. The second-order valence-electron chi connectivity index (χ2n) is 5.97. The van der Waals surface area contributed by atoms with E-state index in [9.17, 15) is 9.18 Å². The molecule has 0 atom stereocenters. The van der Waals surface area contributed by atoms with Crippen LogP contribution < -0.4 is 16.0 Å². The average molecular weight is 484 g/mol. The number of carbonyl (C=O) groups excluding carboxylic acids is 1. The zero-order valence-electron chi connectivity index (χ0n) is 15.8. The van der Waals surface area contributed by atoms with Crippen molar-refractivity contribution in [1.82, 2.24) is 16.0 Å². The van der Waals surface area contributed by atoms with E-state index in [1.54, 1.807) is 33.2 Å². The van der Waals surface area contributed by atoms with Crippen molar-refractivity contribution in [1.29, 1.82) is 0 Å². The molecule has 2 rings (SSSR count). The Hall–Kier alpha value is -2.16. The van der Waals surface area contributed by atoms with Crippen molar-refractivity contribution in [3.8, 4) is 0 Å². The molecule has 0 aliphatic heterocycles. The van der Waals surface area contributed by atoms with Gasteiger partial charge < -0.3 is 16.0 Å². The molecule has 5 nitrogen and oxygen atoms in total. The Morgan fingerprint density at radius 1 is 1.11 bits per heavy atom. The minimum absolute atomic E-state index is 0. The smallest absolute Gasteiger partial charge is 0.251 e. The standard InChI is InChI=1S/C20H25FN4O.HI/c1-14-11-16(7-8-18(14)21)13-25-20(23-3)24-10-9-15-5-4-6-17(12-15)19(26)22-2;/h4-8,11-12H,9-10,13H2,1-3H3,(H,22,26)(H2,23,24,25);1H. The number of benzene rings is 2. The fraction of sp³-hybridized carbons (Fsp3) is 0.300. The summed E-state index contributed by atoms with van der Waals surface area (Å²) in [5.41, 5.74) is 3.34. The molecule has 0 heterocycles. The van der Waals surface area contributed by atoms with E-state index in [-0.39, 0.29) is 35.7 Å². The van der Waals surface area contributed by atoms with Crippen molar-refractivity contribution >= 4 is 35.8 Å². The minimum Gasteiger partial charge on any atom is -0.356 e. The molecule has 2 aromatic rings. The van der Waals surface area contributed by atoms with Crippen LogP contribution in [0.3, 0.4) is 0 Å². The highest BCUT2D eigenvalue weighted by atomic mass is 127. The maximum Gasteiger partial charge on any atom is 0.251 e. The number of halogens is 2. The first-order valence-corrected chi connectivity index (χ1v) is 8.54. The van der Waals surface area contributed by atoms with Crippen molar-refractivity contribution in [3.05, 3.63) is 70.5 Å². The minimum atomic E-state index is -0.199. The fourth-order valence-corrected chi connectivity index (χ4v) is 2.56. The van der Waals surface area contributed by atoms with Crippen LogP contribution in [0.25, 0.3) is 0 Å². The second kappa shape index (κ2) is 11.5. The van der Waals surface area contributed by atoms with Crippen molar-refractivity contribution in [2.45, 2.75) is 19.9 Å². The van der Waals surface area contributed by atoms with Crippen LogP contribution in [-0.2, 0) is 13.0 Å². The highest BCUT2D eigenvalue weighted by Gasteiger charge is 2.04. The second-order valence-corrected chi connectivity index (χ2v) is 5.97. The normalized spacial score (nSPS) is 10.7. The number of hydrogen-bond acceptors (Lipinski definition) is 2. The molecule has 0 aliphatic rings. The van der Waals surface area contributed by atoms with Gasteiger partial charge in [0.2, 0.25) is 0 Å². The number of hydrogen-bond donors (Lipinski definition) is 3. The lowest BCUT2D eigenvalue weighted by atomic mass is 10.1. The van der Waals surface area contributed by atoms with Crippen LogP contribution >= 0.6 is 24.0 Å². The summed E-state index contributed by atoms with van der Waals surface area (Å²) in [5.74, 6) is 0.386. The number of amides is 1. The molecule has 0 fully saturated rings. The van der Waals surface area contributed by atoms with Gasteiger partial charge in [0.15, 0.2) is 5.96 Å². The van der Waals surface area contributed by atoms with E-state index in [0.717, 1.165) is 17.5 Å². The number of carbonyl (C=O) groups is 1. The highest BCUT2D eigenvalue weighted by Crippen LogP contribution is 2.09. The van der Waals surface area contributed by atoms with Gasteiger partial charge >= 0.3 is 0 Å². The number of nitrogens with one attached hydrogen (secondary N) is 3. The molecular formula is C20H26FIN4O. The first-order valence-electron chi connectivity index (χ1n) is 8.54. The molecule has 27 heavy (non-hydrogen) atoms. The van der Waals surface area contributed by atoms with Gasteiger partial charge in [-0.05, 0) is 48.2 Å². The molecule has 0 saturated heterocycles. The molecule has 0 spiro atoms. The van der Waals surface area contributed by atoms with E-state index >= 15 is 0 Å². The molecule has 0 bridgehead atoms. The molecule has 7 heteroatoms. The van der Waals surface area contributed by atoms with Gasteiger partial charge in [0.25, 0.3) is 5.91 Å². The van der Waals surface area contributed by atoms with Gasteiger partial charge in [-0.25, -0.2) is 4.39 Å². The monoisotopic (exact) mass is 484 g/mol. The largest absolute Gasteiger partial charge is 0.356 e. The maximum atomic E-state index is 13.3. The Kier molecular flexibility index (Phi) is 9.77. The topological polar surface area (TPSA) is 65.5 Å². The van der Waals surface area contributed by atoms with Crippen molar-refractivity contribution in [2.24, 2.45) is 4.99 Å². The maximum absolute atomic E-state index is 13.3. The summed E-state index contributed by atoms with van der Waals surface area (Å²) >= 11 is 0. The van der Waals surface area contributed by atoms with Crippen LogP contribution in [0.4, 0.5) is 4.39 Å². The van der Waals surface area contributed by atoms with Gasteiger partial charge in [-0.1, -0.05) is 24.3 Å². The molecule has 0 aliphatic carbocycles. The predicted octanol–water partition coefficient (Wildman–Crippen LogP) is 3.02. The molecule has 1 amide bonds. The Labute approximate surface area is 176 Å². The van der Waals surface area contributed by atoms with Crippen LogP contribution in [0, 0.1) is 12.7 Å². The summed E-state index contributed by atoms with van der Waals surface area (Å²) in [5, 5.41) is 9.08. The quantitative estimate of drug-likeness (QED) is 0.336. The van der Waals surface area contributed by atoms with E-state index in [2.05, 4.69) is 20.9 Å². The lowest BCUT2D eigenvalue weighted by molar-refractivity contribution is 0.0963. The van der Waals surface area contributed by atoms with E-state index < -0.39 is 0 Å². The van der Waals surface area contributed by atoms with Crippen molar-refractivity contribution in [3.63, 3.8) is 0 Å². The summed E-state index contributed by atoms with van der Waals surface area (Å²) < 4.78 is 13.3. The predicted molar refractivity (Wildman–Crippen MR) is 118 cm³/mol. The molecule has 0 saturated carbocycles. The molecule has 2 aromatic carbocycles. The first kappa shape index (κ1) is 22.9. The van der Waals surface area contributed by atoms with Crippen LogP contribution in [-0.4, -0.2) is 32.5 Å². The van der Waals surface area contributed by atoms with E-state index in [1.165, 1.54) is 6.07 Å². The molecule has 0 unspecified atom stereocenters. The Morgan fingerprint density at radius 3 is 2.56 bits per heavy atom. The van der Waals surface area contributed by atoms with Gasteiger partial charge in [-0.2, -0.15) is 0 Å². The number of nitrogens with zero attached hydrogens (tertiary/aromatic N) is 1. The third-order valence-electron chi connectivity index (χ3n) is 4.03. The number of guanidine groups is 1. The van der Waals surface area contributed by atoms with Gasteiger partial charge in [0.1, 0.15) is 5.82 Å². The third-order valence-corrected chi connectivity index (χ3v) is 4.03. The lowest BCUT2D eigenvalue weighted by Gasteiger charge is -2.12. The first-order chi connectivity index (χ1) is 12.5. The Morgan fingerprint density at radius 2 is 1.89 bits per heavy atom. The molecule has 0 radical (unpaired) electrons. The van der Waals surface area contributed by atoms with Crippen LogP contribution in [0.15, 0.2) is 47.5 Å². The van der Waals surface area contributed by atoms with Gasteiger partial charge in [-0.15, -0.1) is 24.0 Å². The van der Waals surface area contributed by atoms with Gasteiger partial charge in [0.05, 0.1) is 0 Å². The van der Waals surface area contributed by atoms with Crippen LogP contribution in [0.1, 0.15) is 27.0 Å². The van der Waals surface area contributed by atoms with Gasteiger partial charge in [-0.3, -0.25) is 9.79 Å². The fourth-order valence-electron chi connectivity index (χ4n) is 2.56. The van der Waals surface area contributed by atoms with Crippen molar-refractivity contribution in [2.75, 3.05) is 20.6 Å². The molecule has 3 N–H and O–H groups in total. The zero-order valence-corrected chi connectivity index (χ0v) is 18.1. The number of aliphatic imine (C=N–C) groups is 1. The Bertz CT molecular complexity index is 795. The summed E-state index contributed by atoms with van der Waals surface area (Å²) in [6.45, 7) is 2.99. The number of rotatable bonds is 6. The molecule has 146 valence electrons. The SMILES string of the molecule is CN=C(NCCc1cccc(C(=O)NC)c1)NCc1ccc(F)c(C)c1.I. The summed E-state index contributed by atoms with van der Waals surface area (Å²) in [6, 6.07) is 12.6. The van der Waals surface area contributed by atoms with Crippen LogP contribution in [0.2, 0.25) is 0 Å². The van der Waals surface area contributed by atoms with Gasteiger partial charge in [0, 0.05) is 32.7 Å². The number of aryl methyl sites for hydroxylation is 1. The molecule has 0 aromatic heterocycles. The van der Waals surface area contributed by atoms with E-state index in [4.69, 9.17) is 0 Å². The highest BCUT2D eigenvalue weighted by molar-refractivity contribution is 14.0. The zero-order chi connectivity index (χ0) is 18.9. The summed E-state index contributed by atoms with van der Waals surface area (Å²) in [4.78, 5) is 15.9. The lowest BCUT2D eigenvalue weighted by Crippen LogP contribution is -2.37.